The minimum absolute atomic E-state index is 0.134. The normalized spacial score (nSPS) is 19.0. The Balaban J connectivity index is 2.58. The van der Waals surface area contributed by atoms with Crippen LogP contribution in [0.3, 0.4) is 0 Å². The first-order chi connectivity index (χ1) is 3.29. The minimum Gasteiger partial charge on any atom is -0.299 e. The van der Waals surface area contributed by atoms with Crippen LogP contribution in [0.5, 0.6) is 0 Å². The molecule has 1 aliphatic heterocycles. The van der Waals surface area contributed by atoms with Crippen LogP contribution in [-0.4, -0.2) is 17.7 Å². The number of rotatable bonds is 0. The number of halogens is 1. The molecule has 1 heterocycles. The van der Waals surface area contributed by atoms with Gasteiger partial charge in [-0.25, -0.2) is 4.99 Å². The van der Waals surface area contributed by atoms with Gasteiger partial charge in [-0.15, -0.1) is 0 Å². The lowest BCUT2D eigenvalue weighted by Gasteiger charge is -1.81. The summed E-state index contributed by atoms with van der Waals surface area (Å²) in [5.41, 5.74) is 0. The van der Waals surface area contributed by atoms with E-state index in [0.29, 0.717) is 0 Å². The molecule has 1 rings (SSSR count). The number of nitrogens with zero attached hydrogens (tertiary/aromatic N) is 1. The fourth-order valence-electron chi connectivity index (χ4n) is 0.335. The van der Waals surface area contributed by atoms with Crippen molar-refractivity contribution in [3.8, 4) is 0 Å². The van der Waals surface area contributed by atoms with Crippen LogP contribution in [0.25, 0.3) is 0 Å². The highest BCUT2D eigenvalue weighted by molar-refractivity contribution is 6.66. The highest BCUT2D eigenvalue weighted by Gasteiger charge is 2.08. The number of carbonyl (C=O) groups excluding carboxylic acids is 1. The SMILES string of the molecule is O=C1CN=C(Cl)N1. The second kappa shape index (κ2) is 1.50. The summed E-state index contributed by atoms with van der Waals surface area (Å²) in [7, 11) is 0. The lowest BCUT2D eigenvalue weighted by Crippen LogP contribution is -2.20. The number of aliphatic imine (C=N–C) groups is 1. The lowest BCUT2D eigenvalue weighted by atomic mass is 10.7. The summed E-state index contributed by atoms with van der Waals surface area (Å²) in [4.78, 5) is 13.7. The molecule has 0 aromatic heterocycles. The van der Waals surface area contributed by atoms with Crippen LogP contribution in [0.2, 0.25) is 0 Å². The Labute approximate surface area is 45.4 Å². The van der Waals surface area contributed by atoms with Crippen molar-refractivity contribution < 1.29 is 4.79 Å². The van der Waals surface area contributed by atoms with Gasteiger partial charge < -0.3 is 0 Å². The number of amides is 1. The van der Waals surface area contributed by atoms with Crippen molar-refractivity contribution in [2.75, 3.05) is 6.54 Å². The largest absolute Gasteiger partial charge is 0.299 e. The Morgan fingerprint density at radius 1 is 1.86 bits per heavy atom. The van der Waals surface area contributed by atoms with Crippen molar-refractivity contribution in [3.63, 3.8) is 0 Å². The van der Waals surface area contributed by atoms with E-state index in [1.165, 1.54) is 0 Å². The molecule has 0 fully saturated rings. The molecule has 0 aromatic rings. The number of carbonyl (C=O) groups is 1. The Morgan fingerprint density at radius 2 is 2.57 bits per heavy atom. The second-order valence-corrected chi connectivity index (χ2v) is 1.51. The summed E-state index contributed by atoms with van der Waals surface area (Å²) in [5, 5.41) is 2.49. The van der Waals surface area contributed by atoms with Gasteiger partial charge in [0.25, 0.3) is 0 Å². The fourth-order valence-corrected chi connectivity index (χ4v) is 0.500. The van der Waals surface area contributed by atoms with Crippen LogP contribution in [0, 0.1) is 0 Å². The third-order valence-corrected chi connectivity index (χ3v) is 0.818. The van der Waals surface area contributed by atoms with Crippen LogP contribution in [0.15, 0.2) is 4.99 Å². The van der Waals surface area contributed by atoms with E-state index in [4.69, 9.17) is 11.6 Å². The molecule has 0 saturated carbocycles. The molecule has 0 spiro atoms. The molecule has 4 heteroatoms. The molecule has 0 saturated heterocycles. The van der Waals surface area contributed by atoms with Gasteiger partial charge in [0.15, 0.2) is 5.29 Å². The molecule has 1 amide bonds. The zero-order chi connectivity index (χ0) is 5.28. The molecule has 0 bridgehead atoms. The zero-order valence-corrected chi connectivity index (χ0v) is 4.20. The summed E-state index contributed by atoms with van der Waals surface area (Å²) in [6, 6.07) is 0. The Bertz CT molecular complexity index is 131. The van der Waals surface area contributed by atoms with Crippen LogP contribution < -0.4 is 5.32 Å². The molecular formula is C3H3ClN2O. The summed E-state index contributed by atoms with van der Waals surface area (Å²) in [6.45, 7) is 0.179. The van der Waals surface area contributed by atoms with Gasteiger partial charge >= 0.3 is 0 Å². The number of nitrogens with one attached hydrogen (secondary N) is 1. The van der Waals surface area contributed by atoms with Gasteiger partial charge in [-0.2, -0.15) is 0 Å². The molecular weight excluding hydrogens is 115 g/mol. The number of hydrogen-bond acceptors (Lipinski definition) is 2. The summed E-state index contributed by atoms with van der Waals surface area (Å²) in [6.07, 6.45) is 0. The van der Waals surface area contributed by atoms with Crippen molar-refractivity contribution in [2.24, 2.45) is 4.99 Å². The maximum absolute atomic E-state index is 10.1. The van der Waals surface area contributed by atoms with Gasteiger partial charge in [0.05, 0.1) is 0 Å². The van der Waals surface area contributed by atoms with E-state index < -0.39 is 0 Å². The number of amidine groups is 1. The van der Waals surface area contributed by atoms with E-state index in [-0.39, 0.29) is 17.7 Å². The van der Waals surface area contributed by atoms with E-state index in [0.717, 1.165) is 0 Å². The average Bonchev–Trinajstić information content (AvgIpc) is 1.87. The van der Waals surface area contributed by atoms with Gasteiger partial charge in [-0.05, 0) is 11.6 Å². The van der Waals surface area contributed by atoms with Gasteiger partial charge in [0.1, 0.15) is 6.54 Å². The van der Waals surface area contributed by atoms with Gasteiger partial charge in [-0.3, -0.25) is 10.1 Å². The first-order valence-electron chi connectivity index (χ1n) is 1.79. The molecule has 3 nitrogen and oxygen atoms in total. The molecule has 0 radical (unpaired) electrons. The van der Waals surface area contributed by atoms with Gasteiger partial charge in [0.2, 0.25) is 5.91 Å². The van der Waals surface area contributed by atoms with Crippen molar-refractivity contribution in [1.29, 1.82) is 0 Å². The highest BCUT2D eigenvalue weighted by Crippen LogP contribution is 1.88. The average molecular weight is 119 g/mol. The lowest BCUT2D eigenvalue weighted by molar-refractivity contribution is -0.117. The van der Waals surface area contributed by atoms with E-state index in [1.54, 1.807) is 0 Å². The van der Waals surface area contributed by atoms with Crippen LogP contribution in [0.1, 0.15) is 0 Å². The monoisotopic (exact) mass is 118 g/mol. The molecule has 0 aliphatic carbocycles. The predicted octanol–water partition coefficient (Wildman–Crippen LogP) is -0.289. The van der Waals surface area contributed by atoms with Crippen molar-refractivity contribution in [3.05, 3.63) is 0 Å². The van der Waals surface area contributed by atoms with Crippen molar-refractivity contribution >= 4 is 22.8 Å². The quantitative estimate of drug-likeness (QED) is 0.437. The second-order valence-electron chi connectivity index (χ2n) is 1.16. The molecule has 38 valence electrons. The summed E-state index contributed by atoms with van der Waals surface area (Å²) < 4.78 is 0. The smallest absolute Gasteiger partial charge is 0.247 e. The zero-order valence-electron chi connectivity index (χ0n) is 3.44. The Hall–Kier alpha value is -0.570. The Kier molecular flexibility index (Phi) is 0.982. The minimum atomic E-state index is -0.134. The van der Waals surface area contributed by atoms with Crippen LogP contribution in [-0.2, 0) is 4.79 Å². The molecule has 7 heavy (non-hydrogen) atoms. The topological polar surface area (TPSA) is 41.5 Å². The van der Waals surface area contributed by atoms with E-state index >= 15 is 0 Å². The molecule has 0 aromatic carbocycles. The van der Waals surface area contributed by atoms with Crippen molar-refractivity contribution in [2.45, 2.75) is 0 Å². The third-order valence-electron chi connectivity index (χ3n) is 0.604. The van der Waals surface area contributed by atoms with Gasteiger partial charge in [0, 0.05) is 0 Å². The summed E-state index contributed by atoms with van der Waals surface area (Å²) in [5.74, 6) is -0.134. The maximum Gasteiger partial charge on any atom is 0.247 e. The molecule has 1 N–H and O–H groups in total. The van der Waals surface area contributed by atoms with Crippen LogP contribution >= 0.6 is 11.6 Å². The van der Waals surface area contributed by atoms with E-state index in [9.17, 15) is 4.79 Å². The molecule has 0 unspecified atom stereocenters. The Morgan fingerprint density at radius 3 is 2.71 bits per heavy atom. The van der Waals surface area contributed by atoms with Gasteiger partial charge in [-0.1, -0.05) is 0 Å². The maximum atomic E-state index is 10.1. The van der Waals surface area contributed by atoms with E-state index in [2.05, 4.69) is 10.3 Å². The standard InChI is InChI=1S/C3H3ClN2O/c4-3-5-1-2(7)6-3/h1H2,(H,5,6,7). The molecule has 1 aliphatic rings. The highest BCUT2D eigenvalue weighted by atomic mass is 35.5. The first-order valence-corrected chi connectivity index (χ1v) is 2.16. The fraction of sp³-hybridized carbons (Fsp3) is 0.333. The van der Waals surface area contributed by atoms with E-state index in [1.807, 2.05) is 0 Å². The first kappa shape index (κ1) is 4.59. The predicted molar refractivity (Wildman–Crippen MR) is 26.3 cm³/mol. The van der Waals surface area contributed by atoms with Crippen molar-refractivity contribution in [1.82, 2.24) is 5.32 Å². The molecule has 0 atom stereocenters. The summed E-state index contributed by atoms with van der Waals surface area (Å²) >= 11 is 5.23. The number of hydrogen-bond donors (Lipinski definition) is 1. The third kappa shape index (κ3) is 0.899. The van der Waals surface area contributed by atoms with Crippen LogP contribution in [0.4, 0.5) is 0 Å².